The molecule has 1 fully saturated rings. The van der Waals surface area contributed by atoms with Crippen molar-refractivity contribution in [2.75, 3.05) is 33.0 Å². The SMILES string of the molecule is CC(C)[C@@H](C(=O)N1CCN(Cc2ccc3c(c2)OCO3)CC1)n1nnc2ccccc2c1=O. The van der Waals surface area contributed by atoms with Gasteiger partial charge in [-0.25, -0.2) is 0 Å². The third-order valence-electron chi connectivity index (χ3n) is 6.27. The van der Waals surface area contributed by atoms with Crippen molar-refractivity contribution in [3.8, 4) is 11.5 Å². The fraction of sp³-hybridized carbons (Fsp3) is 0.417. The summed E-state index contributed by atoms with van der Waals surface area (Å²) in [5, 5.41) is 8.76. The van der Waals surface area contributed by atoms with Crippen LogP contribution >= 0.6 is 0 Å². The van der Waals surface area contributed by atoms with Crippen molar-refractivity contribution in [3.63, 3.8) is 0 Å². The fourth-order valence-electron chi connectivity index (χ4n) is 4.47. The molecule has 0 N–H and O–H groups in total. The highest BCUT2D eigenvalue weighted by Crippen LogP contribution is 2.33. The third kappa shape index (κ3) is 4.16. The second kappa shape index (κ2) is 8.82. The second-order valence-corrected chi connectivity index (χ2v) is 8.83. The van der Waals surface area contributed by atoms with Gasteiger partial charge in [0, 0.05) is 32.7 Å². The van der Waals surface area contributed by atoms with Gasteiger partial charge in [0.1, 0.15) is 11.6 Å². The molecule has 2 aliphatic heterocycles. The average Bonchev–Trinajstić information content (AvgIpc) is 3.29. The summed E-state index contributed by atoms with van der Waals surface area (Å²) in [6.07, 6.45) is 0. The normalized spacial score (nSPS) is 17.0. The minimum Gasteiger partial charge on any atom is -0.454 e. The van der Waals surface area contributed by atoms with Crippen molar-refractivity contribution in [2.24, 2.45) is 5.92 Å². The number of aromatic nitrogens is 3. The van der Waals surface area contributed by atoms with Crippen LogP contribution in [0.2, 0.25) is 0 Å². The Balaban J connectivity index is 1.28. The predicted molar refractivity (Wildman–Crippen MR) is 122 cm³/mol. The second-order valence-electron chi connectivity index (χ2n) is 8.83. The Hall–Kier alpha value is -3.46. The van der Waals surface area contributed by atoms with Crippen molar-refractivity contribution in [1.29, 1.82) is 0 Å². The number of hydrogen-bond acceptors (Lipinski definition) is 7. The summed E-state index contributed by atoms with van der Waals surface area (Å²) >= 11 is 0. The maximum atomic E-state index is 13.5. The Labute approximate surface area is 191 Å². The van der Waals surface area contributed by atoms with Gasteiger partial charge in [0.15, 0.2) is 11.5 Å². The maximum Gasteiger partial charge on any atom is 0.278 e. The summed E-state index contributed by atoms with van der Waals surface area (Å²) in [5.74, 6) is 1.38. The van der Waals surface area contributed by atoms with E-state index in [1.165, 1.54) is 4.68 Å². The Kier molecular flexibility index (Phi) is 5.72. The largest absolute Gasteiger partial charge is 0.454 e. The Morgan fingerprint density at radius 2 is 1.79 bits per heavy atom. The summed E-state index contributed by atoms with van der Waals surface area (Å²) in [7, 11) is 0. The summed E-state index contributed by atoms with van der Waals surface area (Å²) in [4.78, 5) is 30.7. The van der Waals surface area contributed by atoms with Gasteiger partial charge >= 0.3 is 0 Å². The molecule has 3 aromatic rings. The van der Waals surface area contributed by atoms with E-state index in [0.717, 1.165) is 36.7 Å². The topological polar surface area (TPSA) is 89.8 Å². The Morgan fingerprint density at radius 1 is 1.03 bits per heavy atom. The molecule has 1 saturated heterocycles. The zero-order chi connectivity index (χ0) is 22.9. The average molecular weight is 450 g/mol. The van der Waals surface area contributed by atoms with Crippen LogP contribution in [0, 0.1) is 5.92 Å². The van der Waals surface area contributed by atoms with Crippen molar-refractivity contribution in [3.05, 3.63) is 58.4 Å². The third-order valence-corrected chi connectivity index (χ3v) is 6.27. The molecule has 0 aliphatic carbocycles. The summed E-state index contributed by atoms with van der Waals surface area (Å²) < 4.78 is 12.1. The molecule has 5 rings (SSSR count). The molecule has 1 aromatic heterocycles. The molecule has 33 heavy (non-hydrogen) atoms. The molecule has 1 amide bonds. The molecule has 172 valence electrons. The van der Waals surface area contributed by atoms with Crippen LogP contribution in [0.25, 0.3) is 10.9 Å². The predicted octanol–water partition coefficient (Wildman–Crippen LogP) is 2.06. The van der Waals surface area contributed by atoms with Crippen LogP contribution in [0.1, 0.15) is 25.5 Å². The zero-order valence-corrected chi connectivity index (χ0v) is 18.8. The van der Waals surface area contributed by atoms with E-state index < -0.39 is 6.04 Å². The van der Waals surface area contributed by atoms with E-state index in [1.807, 2.05) is 43.0 Å². The molecule has 2 aliphatic rings. The first-order valence-electron chi connectivity index (χ1n) is 11.2. The van der Waals surface area contributed by atoms with Gasteiger partial charge in [-0.15, -0.1) is 5.10 Å². The zero-order valence-electron chi connectivity index (χ0n) is 18.8. The number of piperazine rings is 1. The van der Waals surface area contributed by atoms with Crippen LogP contribution in [0.5, 0.6) is 11.5 Å². The van der Waals surface area contributed by atoms with Gasteiger partial charge in [0.2, 0.25) is 12.7 Å². The standard InChI is InChI=1S/C24H27N5O4/c1-16(2)22(29-23(30)18-5-3-4-6-19(18)25-26-29)24(31)28-11-9-27(10-12-28)14-17-7-8-20-21(13-17)33-15-32-20/h3-8,13,16,22H,9-12,14-15H2,1-2H3/t22-/m0/s1. The lowest BCUT2D eigenvalue weighted by molar-refractivity contribution is -0.138. The number of carbonyl (C=O) groups excluding carboxylic acids is 1. The van der Waals surface area contributed by atoms with E-state index in [-0.39, 0.29) is 24.2 Å². The van der Waals surface area contributed by atoms with Crippen LogP contribution in [-0.4, -0.2) is 63.7 Å². The Bertz CT molecular complexity index is 1230. The van der Waals surface area contributed by atoms with Crippen LogP contribution in [0.15, 0.2) is 47.3 Å². The fourth-order valence-corrected chi connectivity index (χ4v) is 4.47. The van der Waals surface area contributed by atoms with Gasteiger partial charge in [-0.1, -0.05) is 37.3 Å². The molecule has 2 aromatic carbocycles. The summed E-state index contributed by atoms with van der Waals surface area (Å²) in [6, 6.07) is 12.4. The van der Waals surface area contributed by atoms with Gasteiger partial charge in [-0.3, -0.25) is 14.5 Å². The van der Waals surface area contributed by atoms with Gasteiger partial charge in [-0.05, 0) is 35.7 Å². The van der Waals surface area contributed by atoms with Crippen LogP contribution < -0.4 is 15.0 Å². The number of fused-ring (bicyclic) bond motifs is 2. The molecule has 1 atom stereocenters. The Morgan fingerprint density at radius 3 is 2.58 bits per heavy atom. The lowest BCUT2D eigenvalue weighted by atomic mass is 10.0. The number of amides is 1. The summed E-state index contributed by atoms with van der Waals surface area (Å²) in [5.41, 5.74) is 1.40. The van der Waals surface area contributed by atoms with E-state index in [0.29, 0.717) is 24.0 Å². The van der Waals surface area contributed by atoms with Crippen molar-refractivity contribution >= 4 is 16.8 Å². The molecule has 9 nitrogen and oxygen atoms in total. The molecule has 3 heterocycles. The number of rotatable bonds is 5. The van der Waals surface area contributed by atoms with E-state index in [1.54, 1.807) is 18.2 Å². The van der Waals surface area contributed by atoms with Gasteiger partial charge < -0.3 is 14.4 Å². The lowest BCUT2D eigenvalue weighted by Gasteiger charge is -2.37. The smallest absolute Gasteiger partial charge is 0.278 e. The van der Waals surface area contributed by atoms with Crippen molar-refractivity contribution < 1.29 is 14.3 Å². The number of ether oxygens (including phenoxy) is 2. The number of benzene rings is 2. The molecule has 0 unspecified atom stereocenters. The minimum atomic E-state index is -0.685. The number of carbonyl (C=O) groups is 1. The van der Waals surface area contributed by atoms with Gasteiger partial charge in [0.25, 0.3) is 5.56 Å². The highest BCUT2D eigenvalue weighted by atomic mass is 16.7. The number of nitrogens with zero attached hydrogens (tertiary/aromatic N) is 5. The highest BCUT2D eigenvalue weighted by Gasteiger charge is 2.33. The van der Waals surface area contributed by atoms with Gasteiger partial charge in [0.05, 0.1) is 5.39 Å². The first kappa shape index (κ1) is 21.4. The molecule has 9 heteroatoms. The first-order chi connectivity index (χ1) is 16.0. The van der Waals surface area contributed by atoms with E-state index >= 15 is 0 Å². The van der Waals surface area contributed by atoms with Crippen molar-refractivity contribution in [2.45, 2.75) is 26.4 Å². The quantitative estimate of drug-likeness (QED) is 0.589. The van der Waals surface area contributed by atoms with E-state index in [4.69, 9.17) is 9.47 Å². The molecular weight excluding hydrogens is 422 g/mol. The first-order valence-corrected chi connectivity index (χ1v) is 11.2. The minimum absolute atomic E-state index is 0.0839. The summed E-state index contributed by atoms with van der Waals surface area (Å²) in [6.45, 7) is 7.62. The molecule has 0 bridgehead atoms. The highest BCUT2D eigenvalue weighted by molar-refractivity contribution is 5.82. The molecule has 0 spiro atoms. The monoisotopic (exact) mass is 449 g/mol. The van der Waals surface area contributed by atoms with Crippen LogP contribution in [-0.2, 0) is 11.3 Å². The lowest BCUT2D eigenvalue weighted by Crippen LogP contribution is -2.52. The van der Waals surface area contributed by atoms with E-state index in [2.05, 4.69) is 15.2 Å². The van der Waals surface area contributed by atoms with Gasteiger partial charge in [-0.2, -0.15) is 4.68 Å². The van der Waals surface area contributed by atoms with Crippen molar-refractivity contribution in [1.82, 2.24) is 24.8 Å². The number of hydrogen-bond donors (Lipinski definition) is 0. The maximum absolute atomic E-state index is 13.5. The molecule has 0 saturated carbocycles. The van der Waals surface area contributed by atoms with Crippen LogP contribution in [0.4, 0.5) is 0 Å². The van der Waals surface area contributed by atoms with E-state index in [9.17, 15) is 9.59 Å². The molecular formula is C24H27N5O4. The molecule has 0 radical (unpaired) electrons. The van der Waals surface area contributed by atoms with Crippen LogP contribution in [0.3, 0.4) is 0 Å².